The summed E-state index contributed by atoms with van der Waals surface area (Å²) in [5, 5.41) is 0. The van der Waals surface area contributed by atoms with Crippen LogP contribution >= 0.6 is 10.9 Å². The molecule has 28 heavy (non-hydrogen) atoms. The Balaban J connectivity index is 1.61. The van der Waals surface area contributed by atoms with Gasteiger partial charge in [-0.15, -0.1) is 0 Å². The van der Waals surface area contributed by atoms with Crippen LogP contribution in [0.25, 0.3) is 0 Å². The van der Waals surface area contributed by atoms with E-state index in [9.17, 15) is 4.79 Å². The number of hydrogen-bond acceptors (Lipinski definition) is 2. The lowest BCUT2D eigenvalue weighted by molar-refractivity contribution is 0.0734. The van der Waals surface area contributed by atoms with Gasteiger partial charge in [-0.3, -0.25) is 0 Å². The maximum Gasteiger partial charge on any atom is 0.343 e. The van der Waals surface area contributed by atoms with Gasteiger partial charge >= 0.3 is 5.97 Å². The first-order chi connectivity index (χ1) is 13.8. The minimum Gasteiger partial charge on any atom is -0.423 e. The maximum absolute atomic E-state index is 12.3. The molecule has 0 atom stereocenters. The van der Waals surface area contributed by atoms with Crippen molar-refractivity contribution < 1.29 is 9.53 Å². The highest BCUT2D eigenvalue weighted by molar-refractivity contribution is 8.17. The highest BCUT2D eigenvalue weighted by atomic mass is 32.2. The van der Waals surface area contributed by atoms with Gasteiger partial charge < -0.3 is 4.74 Å². The van der Waals surface area contributed by atoms with Gasteiger partial charge in [0.1, 0.15) is 5.75 Å². The quantitative estimate of drug-likeness (QED) is 0.245. The van der Waals surface area contributed by atoms with Gasteiger partial charge in [-0.1, -0.05) is 54.6 Å². The zero-order valence-electron chi connectivity index (χ0n) is 15.2. The Morgan fingerprint density at radius 3 is 1.46 bits per heavy atom. The van der Waals surface area contributed by atoms with E-state index >= 15 is 0 Å². The second-order valence-corrected chi connectivity index (χ2v) is 8.48. The topological polar surface area (TPSA) is 26.3 Å². The van der Waals surface area contributed by atoms with Crippen LogP contribution in [-0.4, -0.2) is 5.97 Å². The van der Waals surface area contributed by atoms with Gasteiger partial charge in [-0.2, -0.15) is 10.9 Å². The van der Waals surface area contributed by atoms with E-state index < -0.39 is 10.9 Å². The van der Waals surface area contributed by atoms with E-state index in [-0.39, 0.29) is 5.97 Å². The lowest BCUT2D eigenvalue weighted by Gasteiger charge is -2.23. The Labute approximate surface area is 167 Å². The van der Waals surface area contributed by atoms with Crippen molar-refractivity contribution >= 4 is 16.9 Å². The van der Waals surface area contributed by atoms with Crippen LogP contribution < -0.4 is 4.74 Å². The van der Waals surface area contributed by atoms with Crippen LogP contribution in [-0.2, 0) is 0 Å². The van der Waals surface area contributed by atoms with Gasteiger partial charge in [-0.25, -0.2) is 4.79 Å². The Morgan fingerprint density at radius 1 is 0.536 bits per heavy atom. The molecular formula is C25H20O2S. The SMILES string of the molecule is O=C(Oc1ccc([SH](c2ccccc2)c2ccccc2)cc1)c1ccccc1. The minimum absolute atomic E-state index is 0.346. The van der Waals surface area contributed by atoms with Crippen LogP contribution in [0.2, 0.25) is 0 Å². The summed E-state index contributed by atoms with van der Waals surface area (Å²) >= 11 is 0. The van der Waals surface area contributed by atoms with Crippen molar-refractivity contribution in [3.05, 3.63) is 121 Å². The normalized spacial score (nSPS) is 10.9. The number of esters is 1. The highest BCUT2D eigenvalue weighted by Crippen LogP contribution is 2.51. The fraction of sp³-hybridized carbons (Fsp3) is 0. The van der Waals surface area contributed by atoms with E-state index in [0.29, 0.717) is 11.3 Å². The van der Waals surface area contributed by atoms with Crippen molar-refractivity contribution in [3.63, 3.8) is 0 Å². The molecule has 0 N–H and O–H groups in total. The molecule has 0 aliphatic heterocycles. The monoisotopic (exact) mass is 384 g/mol. The van der Waals surface area contributed by atoms with E-state index in [2.05, 4.69) is 60.7 Å². The molecule has 0 spiro atoms. The first-order valence-electron chi connectivity index (χ1n) is 9.09. The third-order valence-corrected chi connectivity index (χ3v) is 6.79. The molecule has 0 fully saturated rings. The molecule has 0 saturated carbocycles. The minimum atomic E-state index is -0.663. The molecule has 0 amide bonds. The smallest absolute Gasteiger partial charge is 0.343 e. The van der Waals surface area contributed by atoms with Crippen molar-refractivity contribution in [1.29, 1.82) is 0 Å². The second-order valence-electron chi connectivity index (χ2n) is 6.26. The van der Waals surface area contributed by atoms with Crippen molar-refractivity contribution in [2.45, 2.75) is 14.7 Å². The second kappa shape index (κ2) is 8.59. The van der Waals surface area contributed by atoms with Crippen molar-refractivity contribution in [1.82, 2.24) is 0 Å². The molecule has 0 aromatic heterocycles. The summed E-state index contributed by atoms with van der Waals surface area (Å²) in [5.41, 5.74) is 0.544. The fourth-order valence-corrected chi connectivity index (χ4v) is 5.29. The highest BCUT2D eigenvalue weighted by Gasteiger charge is 2.13. The number of thiol groups is 1. The van der Waals surface area contributed by atoms with Gasteiger partial charge in [0.15, 0.2) is 0 Å². The third kappa shape index (κ3) is 4.16. The molecule has 0 radical (unpaired) electrons. The van der Waals surface area contributed by atoms with Gasteiger partial charge in [0.2, 0.25) is 0 Å². The molecule has 0 aliphatic rings. The van der Waals surface area contributed by atoms with E-state index in [1.807, 2.05) is 42.5 Å². The van der Waals surface area contributed by atoms with E-state index in [1.54, 1.807) is 12.1 Å². The van der Waals surface area contributed by atoms with Crippen LogP contribution in [0.15, 0.2) is 130 Å². The summed E-state index contributed by atoms with van der Waals surface area (Å²) < 4.78 is 5.51. The number of rotatable bonds is 5. The zero-order chi connectivity index (χ0) is 19.2. The lowest BCUT2D eigenvalue weighted by atomic mass is 10.2. The molecule has 138 valence electrons. The Bertz CT molecular complexity index is 991. The molecule has 2 nitrogen and oxygen atoms in total. The summed E-state index contributed by atoms with van der Waals surface area (Å²) in [7, 11) is -0.663. The Hall–Kier alpha value is -3.30. The number of benzene rings is 4. The van der Waals surface area contributed by atoms with Crippen LogP contribution in [0.3, 0.4) is 0 Å². The molecule has 4 rings (SSSR count). The summed E-state index contributed by atoms with van der Waals surface area (Å²) in [6.07, 6.45) is 0. The summed E-state index contributed by atoms with van der Waals surface area (Å²) in [6.45, 7) is 0. The fourth-order valence-electron chi connectivity index (χ4n) is 3.00. The van der Waals surface area contributed by atoms with Crippen LogP contribution in [0, 0.1) is 0 Å². The molecule has 4 aromatic carbocycles. The lowest BCUT2D eigenvalue weighted by Crippen LogP contribution is -2.07. The average Bonchev–Trinajstić information content (AvgIpc) is 2.77. The molecular weight excluding hydrogens is 364 g/mol. The third-order valence-electron chi connectivity index (χ3n) is 4.34. The van der Waals surface area contributed by atoms with Crippen molar-refractivity contribution in [2.75, 3.05) is 0 Å². The molecule has 0 bridgehead atoms. The largest absolute Gasteiger partial charge is 0.423 e. The number of carbonyl (C=O) groups excluding carboxylic acids is 1. The number of hydrogen-bond donors (Lipinski definition) is 1. The van der Waals surface area contributed by atoms with Crippen LogP contribution in [0.5, 0.6) is 5.75 Å². The molecule has 0 unspecified atom stereocenters. The van der Waals surface area contributed by atoms with Gasteiger partial charge in [0.05, 0.1) is 5.56 Å². The summed E-state index contributed by atoms with van der Waals surface area (Å²) in [5.74, 6) is 0.204. The maximum atomic E-state index is 12.3. The molecule has 0 heterocycles. The predicted molar refractivity (Wildman–Crippen MR) is 115 cm³/mol. The molecule has 0 saturated heterocycles. The van der Waals surface area contributed by atoms with Gasteiger partial charge in [-0.05, 0) is 75.4 Å². The average molecular weight is 385 g/mol. The summed E-state index contributed by atoms with van der Waals surface area (Å²) in [4.78, 5) is 16.1. The Morgan fingerprint density at radius 2 is 0.964 bits per heavy atom. The molecule has 0 aliphatic carbocycles. The van der Waals surface area contributed by atoms with Gasteiger partial charge in [0, 0.05) is 0 Å². The van der Waals surface area contributed by atoms with Crippen molar-refractivity contribution in [2.24, 2.45) is 0 Å². The predicted octanol–water partition coefficient (Wildman–Crippen LogP) is 6.38. The number of carbonyl (C=O) groups is 1. The standard InChI is InChI=1S/C25H20O2S/c26-25(20-10-4-1-5-11-20)27-21-16-18-24(19-17-21)28(22-12-6-2-7-13-22)23-14-8-3-9-15-23/h1-19,28H. The molecule has 3 heteroatoms. The van der Waals surface area contributed by atoms with Gasteiger partial charge in [0.25, 0.3) is 0 Å². The van der Waals surface area contributed by atoms with Crippen LogP contribution in [0.4, 0.5) is 0 Å². The number of ether oxygens (including phenoxy) is 1. The summed E-state index contributed by atoms with van der Waals surface area (Å²) in [6, 6.07) is 37.9. The first kappa shape index (κ1) is 18.1. The first-order valence-corrected chi connectivity index (χ1v) is 10.4. The molecule has 4 aromatic rings. The van der Waals surface area contributed by atoms with E-state index in [0.717, 1.165) is 0 Å². The zero-order valence-corrected chi connectivity index (χ0v) is 16.1. The van der Waals surface area contributed by atoms with E-state index in [4.69, 9.17) is 4.74 Å². The van der Waals surface area contributed by atoms with E-state index in [1.165, 1.54) is 14.7 Å². The van der Waals surface area contributed by atoms with Crippen LogP contribution in [0.1, 0.15) is 10.4 Å². The Kier molecular flexibility index (Phi) is 5.55. The van der Waals surface area contributed by atoms with Crippen molar-refractivity contribution in [3.8, 4) is 5.75 Å².